The fraction of sp³-hybridized carbons (Fsp3) is 0.0417. The van der Waals surface area contributed by atoms with Crippen LogP contribution in [0.2, 0.25) is 0 Å². The van der Waals surface area contributed by atoms with Gasteiger partial charge in [0, 0.05) is 22.8 Å². The summed E-state index contributed by atoms with van der Waals surface area (Å²) in [6.45, 7) is 2.09. The second-order valence-electron chi connectivity index (χ2n) is 7.40. The average molecular weight is 473 g/mol. The van der Waals surface area contributed by atoms with Gasteiger partial charge in [0.2, 0.25) is 0 Å². The molecule has 0 atom stereocenters. The molecule has 0 spiro atoms. The molecule has 0 aliphatic rings. The summed E-state index contributed by atoms with van der Waals surface area (Å²) < 4.78 is 3.04. The van der Waals surface area contributed by atoms with Crippen LogP contribution in [0, 0.1) is 6.92 Å². The second-order valence-corrected chi connectivity index (χ2v) is 10.2. The number of imidazole rings is 1. The van der Waals surface area contributed by atoms with Gasteiger partial charge in [-0.25, -0.2) is 9.97 Å². The Bertz CT molecular complexity index is 1570. The Balaban J connectivity index is 1.24. The van der Waals surface area contributed by atoms with Crippen LogP contribution in [0.3, 0.4) is 0 Å². The minimum absolute atomic E-state index is 0.158. The molecule has 0 saturated heterocycles. The number of rotatable bonds is 4. The molecule has 0 saturated carbocycles. The Labute approximate surface area is 195 Å². The Morgan fingerprint density at radius 3 is 2.72 bits per heavy atom. The molecule has 8 heteroatoms. The molecule has 4 aromatic heterocycles. The predicted molar refractivity (Wildman–Crippen MR) is 134 cm³/mol. The highest BCUT2D eigenvalue weighted by Crippen LogP contribution is 2.32. The van der Waals surface area contributed by atoms with Crippen LogP contribution in [0.4, 0.5) is 5.69 Å². The van der Waals surface area contributed by atoms with Crippen molar-refractivity contribution < 1.29 is 4.79 Å². The first-order chi connectivity index (χ1) is 15.6. The van der Waals surface area contributed by atoms with Crippen LogP contribution in [0.15, 0.2) is 71.6 Å². The molecular formula is C24H16N4OS3. The zero-order chi connectivity index (χ0) is 21.7. The molecule has 0 unspecified atom stereocenters. The van der Waals surface area contributed by atoms with Gasteiger partial charge in [-0.1, -0.05) is 12.1 Å². The first-order valence-corrected chi connectivity index (χ1v) is 12.5. The molecule has 0 radical (unpaired) electrons. The van der Waals surface area contributed by atoms with Crippen molar-refractivity contribution in [3.8, 4) is 21.1 Å². The quantitative estimate of drug-likeness (QED) is 0.302. The van der Waals surface area contributed by atoms with Crippen LogP contribution in [0.1, 0.15) is 16.1 Å². The van der Waals surface area contributed by atoms with E-state index < -0.39 is 0 Å². The molecule has 156 valence electrons. The number of benzene rings is 2. The van der Waals surface area contributed by atoms with E-state index in [4.69, 9.17) is 4.98 Å². The Hall–Kier alpha value is -3.33. The topological polar surface area (TPSA) is 59.3 Å². The SMILES string of the molecule is Cc1ccc2nc(-c3ccc(NC(=O)c4csc5nc(-c6cccs6)cn45)cc3)sc2c1. The lowest BCUT2D eigenvalue weighted by atomic mass is 10.2. The summed E-state index contributed by atoms with van der Waals surface area (Å²) in [6.07, 6.45) is 1.92. The van der Waals surface area contributed by atoms with Gasteiger partial charge in [-0.2, -0.15) is 0 Å². The molecule has 4 heterocycles. The highest BCUT2D eigenvalue weighted by molar-refractivity contribution is 7.21. The van der Waals surface area contributed by atoms with Gasteiger partial charge < -0.3 is 5.32 Å². The highest BCUT2D eigenvalue weighted by atomic mass is 32.1. The largest absolute Gasteiger partial charge is 0.321 e. The number of aromatic nitrogens is 3. The van der Waals surface area contributed by atoms with Crippen molar-refractivity contribution in [2.24, 2.45) is 0 Å². The van der Waals surface area contributed by atoms with E-state index in [0.717, 1.165) is 37.3 Å². The van der Waals surface area contributed by atoms with Gasteiger partial charge in [-0.05, 0) is 60.3 Å². The molecule has 5 nitrogen and oxygen atoms in total. The zero-order valence-electron chi connectivity index (χ0n) is 16.9. The van der Waals surface area contributed by atoms with Gasteiger partial charge in [0.15, 0.2) is 4.96 Å². The van der Waals surface area contributed by atoms with Crippen molar-refractivity contribution >= 4 is 60.8 Å². The van der Waals surface area contributed by atoms with Crippen molar-refractivity contribution in [2.45, 2.75) is 6.92 Å². The monoisotopic (exact) mass is 472 g/mol. The summed E-state index contributed by atoms with van der Waals surface area (Å²) in [5, 5.41) is 7.84. The molecule has 1 amide bonds. The van der Waals surface area contributed by atoms with Crippen LogP contribution in [0.5, 0.6) is 0 Å². The lowest BCUT2D eigenvalue weighted by Crippen LogP contribution is -2.13. The van der Waals surface area contributed by atoms with E-state index in [-0.39, 0.29) is 5.91 Å². The summed E-state index contributed by atoms with van der Waals surface area (Å²) in [6, 6.07) is 18.2. The molecule has 2 aromatic carbocycles. The standard InChI is InChI=1S/C24H16N4OS3/c1-14-4-9-17-21(11-14)32-23(26-17)15-5-7-16(8-6-15)25-22(29)19-13-31-24-27-18(12-28(19)24)20-3-2-10-30-20/h2-13H,1H3,(H,25,29). The Morgan fingerprint density at radius 1 is 1.03 bits per heavy atom. The molecule has 1 N–H and O–H groups in total. The maximum Gasteiger partial charge on any atom is 0.273 e. The third-order valence-corrected chi connectivity index (χ3v) is 7.95. The van der Waals surface area contributed by atoms with E-state index in [9.17, 15) is 4.79 Å². The minimum Gasteiger partial charge on any atom is -0.321 e. The van der Waals surface area contributed by atoms with Gasteiger partial charge in [0.1, 0.15) is 16.4 Å². The van der Waals surface area contributed by atoms with E-state index in [0.29, 0.717) is 5.69 Å². The summed E-state index contributed by atoms with van der Waals surface area (Å²) in [5.74, 6) is -0.158. The number of nitrogens with zero attached hydrogens (tertiary/aromatic N) is 3. The van der Waals surface area contributed by atoms with E-state index in [1.807, 2.05) is 57.8 Å². The molecule has 0 fully saturated rings. The molecule has 6 aromatic rings. The van der Waals surface area contributed by atoms with Crippen LogP contribution in [-0.4, -0.2) is 20.3 Å². The van der Waals surface area contributed by atoms with Crippen molar-refractivity contribution in [1.29, 1.82) is 0 Å². The third-order valence-electron chi connectivity index (χ3n) is 5.15. The first kappa shape index (κ1) is 19.4. The van der Waals surface area contributed by atoms with Gasteiger partial charge in [-0.3, -0.25) is 9.20 Å². The second kappa shape index (κ2) is 7.67. The molecule has 0 aliphatic carbocycles. The maximum absolute atomic E-state index is 12.9. The normalized spacial score (nSPS) is 11.4. The number of nitrogens with one attached hydrogen (secondary N) is 1. The highest BCUT2D eigenvalue weighted by Gasteiger charge is 2.16. The Morgan fingerprint density at radius 2 is 1.91 bits per heavy atom. The fourth-order valence-electron chi connectivity index (χ4n) is 3.54. The summed E-state index contributed by atoms with van der Waals surface area (Å²) >= 11 is 4.78. The number of carbonyl (C=O) groups is 1. The van der Waals surface area contributed by atoms with Crippen molar-refractivity contribution in [3.63, 3.8) is 0 Å². The molecule has 0 aliphatic heterocycles. The van der Waals surface area contributed by atoms with Crippen LogP contribution in [0.25, 0.3) is 36.3 Å². The van der Waals surface area contributed by atoms with Crippen molar-refractivity contribution in [3.05, 3.63) is 82.8 Å². The molecular weight excluding hydrogens is 456 g/mol. The van der Waals surface area contributed by atoms with Crippen molar-refractivity contribution in [2.75, 3.05) is 5.32 Å². The number of fused-ring (bicyclic) bond motifs is 2. The summed E-state index contributed by atoms with van der Waals surface area (Å²) in [5.41, 5.74) is 5.48. The van der Waals surface area contributed by atoms with Gasteiger partial charge >= 0.3 is 0 Å². The minimum atomic E-state index is -0.158. The third kappa shape index (κ3) is 3.42. The van der Waals surface area contributed by atoms with Gasteiger partial charge in [0.05, 0.1) is 15.1 Å². The van der Waals surface area contributed by atoms with Crippen LogP contribution >= 0.6 is 34.0 Å². The summed E-state index contributed by atoms with van der Waals surface area (Å²) in [7, 11) is 0. The number of anilines is 1. The zero-order valence-corrected chi connectivity index (χ0v) is 19.4. The lowest BCUT2D eigenvalue weighted by Gasteiger charge is -2.05. The van der Waals surface area contributed by atoms with Crippen LogP contribution < -0.4 is 5.32 Å². The van der Waals surface area contributed by atoms with E-state index in [1.165, 1.54) is 21.6 Å². The molecule has 32 heavy (non-hydrogen) atoms. The molecule has 0 bridgehead atoms. The predicted octanol–water partition coefficient (Wildman–Crippen LogP) is 6.96. The number of thiophene rings is 1. The fourth-order valence-corrected chi connectivity index (χ4v) is 6.14. The number of aryl methyl sites for hydroxylation is 1. The lowest BCUT2D eigenvalue weighted by molar-refractivity contribution is 0.102. The number of amides is 1. The number of hydrogen-bond donors (Lipinski definition) is 1. The van der Waals surface area contributed by atoms with Crippen molar-refractivity contribution in [1.82, 2.24) is 14.4 Å². The van der Waals surface area contributed by atoms with E-state index in [2.05, 4.69) is 35.4 Å². The summed E-state index contributed by atoms with van der Waals surface area (Å²) in [4.78, 5) is 24.2. The average Bonchev–Trinajstić information content (AvgIpc) is 3.56. The smallest absolute Gasteiger partial charge is 0.273 e. The van der Waals surface area contributed by atoms with Gasteiger partial charge in [-0.15, -0.1) is 34.0 Å². The van der Waals surface area contributed by atoms with E-state index in [1.54, 1.807) is 22.7 Å². The maximum atomic E-state index is 12.9. The molecule has 6 rings (SSSR count). The number of hydrogen-bond acceptors (Lipinski definition) is 6. The van der Waals surface area contributed by atoms with Gasteiger partial charge in [0.25, 0.3) is 5.91 Å². The number of carbonyl (C=O) groups excluding carboxylic acids is 1. The van der Waals surface area contributed by atoms with E-state index >= 15 is 0 Å². The Kier molecular flexibility index (Phi) is 4.64. The first-order valence-electron chi connectivity index (χ1n) is 9.93. The number of thiazole rings is 2. The van der Waals surface area contributed by atoms with Crippen LogP contribution in [-0.2, 0) is 0 Å².